The van der Waals surface area contributed by atoms with Gasteiger partial charge in [-0.3, -0.25) is 0 Å². The van der Waals surface area contributed by atoms with Gasteiger partial charge < -0.3 is 5.73 Å². The fourth-order valence-electron chi connectivity index (χ4n) is 1.56. The van der Waals surface area contributed by atoms with E-state index in [0.29, 0.717) is 13.1 Å². The van der Waals surface area contributed by atoms with Crippen LogP contribution in [0.15, 0.2) is 41.8 Å². The summed E-state index contributed by atoms with van der Waals surface area (Å²) in [6.07, 6.45) is 2.33. The number of nitrogens with two attached hydrogens (primary N) is 1. The molecule has 1 aromatic carbocycles. The number of nitrogen functional groups attached to an aromatic ring is 1. The number of benzene rings is 1. The van der Waals surface area contributed by atoms with E-state index in [4.69, 9.17) is 5.73 Å². The van der Waals surface area contributed by atoms with Crippen molar-refractivity contribution in [3.05, 3.63) is 36.9 Å². The summed E-state index contributed by atoms with van der Waals surface area (Å²) in [5.41, 5.74) is 5.98. The van der Waals surface area contributed by atoms with Crippen molar-refractivity contribution < 1.29 is 8.42 Å². The van der Waals surface area contributed by atoms with Crippen LogP contribution in [0.5, 0.6) is 0 Å². The van der Waals surface area contributed by atoms with E-state index in [2.05, 4.69) is 6.58 Å². The fraction of sp³-hybridized carbons (Fsp3) is 0.333. The number of anilines is 1. The summed E-state index contributed by atoms with van der Waals surface area (Å²) in [4.78, 5) is 0.162. The molecule has 0 unspecified atom stereocenters. The lowest BCUT2D eigenvalue weighted by atomic mass is 10.3. The Balaban J connectivity index is 3.16. The highest BCUT2D eigenvalue weighted by Gasteiger charge is 2.24. The van der Waals surface area contributed by atoms with Gasteiger partial charge in [0.25, 0.3) is 0 Å². The molecule has 17 heavy (non-hydrogen) atoms. The highest BCUT2D eigenvalue weighted by molar-refractivity contribution is 7.89. The third kappa shape index (κ3) is 3.08. The van der Waals surface area contributed by atoms with Crippen LogP contribution in [0.25, 0.3) is 0 Å². The molecule has 1 aromatic rings. The molecule has 0 saturated heterocycles. The molecule has 1 rings (SSSR count). The molecule has 5 heteroatoms. The predicted octanol–water partition coefficient (Wildman–Crippen LogP) is 1.86. The molecule has 0 atom stereocenters. The summed E-state index contributed by atoms with van der Waals surface area (Å²) in [6.45, 7) is 6.26. The van der Waals surface area contributed by atoms with Gasteiger partial charge in [-0.05, 0) is 18.6 Å². The van der Waals surface area contributed by atoms with Gasteiger partial charge in [0.05, 0.1) is 5.69 Å². The average molecular weight is 254 g/mol. The van der Waals surface area contributed by atoms with Crippen molar-refractivity contribution in [1.29, 1.82) is 0 Å². The molecule has 0 fully saturated rings. The summed E-state index contributed by atoms with van der Waals surface area (Å²) in [5, 5.41) is 0. The number of hydrogen-bond acceptors (Lipinski definition) is 3. The van der Waals surface area contributed by atoms with Crippen LogP contribution in [0.1, 0.15) is 13.3 Å². The van der Waals surface area contributed by atoms with Crippen LogP contribution in [0.4, 0.5) is 5.69 Å². The maximum atomic E-state index is 12.3. The van der Waals surface area contributed by atoms with Gasteiger partial charge in [0.2, 0.25) is 10.0 Å². The third-order valence-corrected chi connectivity index (χ3v) is 4.28. The lowest BCUT2D eigenvalue weighted by molar-refractivity contribution is 0.442. The van der Waals surface area contributed by atoms with Gasteiger partial charge in [-0.1, -0.05) is 25.1 Å². The average Bonchev–Trinajstić information content (AvgIpc) is 2.29. The van der Waals surface area contributed by atoms with Crippen molar-refractivity contribution >= 4 is 15.7 Å². The first kappa shape index (κ1) is 13.7. The molecule has 0 bridgehead atoms. The fourth-order valence-corrected chi connectivity index (χ4v) is 3.18. The Morgan fingerprint density at radius 1 is 1.41 bits per heavy atom. The van der Waals surface area contributed by atoms with Crippen molar-refractivity contribution in [3.63, 3.8) is 0 Å². The second-order valence-electron chi connectivity index (χ2n) is 3.69. The topological polar surface area (TPSA) is 63.4 Å². The van der Waals surface area contributed by atoms with E-state index < -0.39 is 10.0 Å². The van der Waals surface area contributed by atoms with Gasteiger partial charge in [0.15, 0.2) is 0 Å². The molecule has 0 heterocycles. The molecule has 4 nitrogen and oxygen atoms in total. The van der Waals surface area contributed by atoms with E-state index in [0.717, 1.165) is 6.42 Å². The molecule has 0 saturated carbocycles. The lowest BCUT2D eigenvalue weighted by Gasteiger charge is -2.20. The molecule has 0 aromatic heterocycles. The third-order valence-electron chi connectivity index (χ3n) is 2.34. The van der Waals surface area contributed by atoms with Crippen LogP contribution >= 0.6 is 0 Å². The van der Waals surface area contributed by atoms with E-state index in [9.17, 15) is 8.42 Å². The number of hydrogen-bond donors (Lipinski definition) is 1. The Hall–Kier alpha value is -1.33. The second-order valence-corrected chi connectivity index (χ2v) is 5.60. The lowest BCUT2D eigenvalue weighted by Crippen LogP contribution is -2.32. The van der Waals surface area contributed by atoms with Crippen molar-refractivity contribution in [2.24, 2.45) is 0 Å². The maximum absolute atomic E-state index is 12.3. The van der Waals surface area contributed by atoms with E-state index in [1.165, 1.54) is 10.4 Å². The van der Waals surface area contributed by atoms with Gasteiger partial charge in [0, 0.05) is 13.1 Å². The number of sulfonamides is 1. The van der Waals surface area contributed by atoms with E-state index in [-0.39, 0.29) is 10.6 Å². The minimum absolute atomic E-state index is 0.162. The smallest absolute Gasteiger partial charge is 0.245 e. The second kappa shape index (κ2) is 5.84. The van der Waals surface area contributed by atoms with Crippen molar-refractivity contribution in [2.45, 2.75) is 18.2 Å². The highest BCUT2D eigenvalue weighted by Crippen LogP contribution is 2.21. The van der Waals surface area contributed by atoms with Crippen LogP contribution < -0.4 is 5.73 Å². The summed E-state index contributed by atoms with van der Waals surface area (Å²) >= 11 is 0. The molecule has 0 aliphatic carbocycles. The van der Waals surface area contributed by atoms with Crippen LogP contribution in [0, 0.1) is 0 Å². The van der Waals surface area contributed by atoms with E-state index in [1.807, 2.05) is 6.92 Å². The molecule has 0 radical (unpaired) electrons. The predicted molar refractivity (Wildman–Crippen MR) is 70.1 cm³/mol. The first-order valence-electron chi connectivity index (χ1n) is 5.49. The highest BCUT2D eigenvalue weighted by atomic mass is 32.2. The van der Waals surface area contributed by atoms with Crippen molar-refractivity contribution in [3.8, 4) is 0 Å². The van der Waals surface area contributed by atoms with E-state index in [1.54, 1.807) is 24.3 Å². The molecule has 0 amide bonds. The van der Waals surface area contributed by atoms with Crippen molar-refractivity contribution in [1.82, 2.24) is 4.31 Å². The quantitative estimate of drug-likeness (QED) is 0.622. The Morgan fingerprint density at radius 3 is 2.59 bits per heavy atom. The summed E-state index contributed by atoms with van der Waals surface area (Å²) in [5.74, 6) is 0. The van der Waals surface area contributed by atoms with Crippen LogP contribution in [0.3, 0.4) is 0 Å². The van der Waals surface area contributed by atoms with Gasteiger partial charge in [-0.2, -0.15) is 4.31 Å². The maximum Gasteiger partial charge on any atom is 0.245 e. The normalized spacial score (nSPS) is 11.6. The van der Waals surface area contributed by atoms with Gasteiger partial charge in [-0.25, -0.2) is 8.42 Å². The number of para-hydroxylation sites is 1. The minimum atomic E-state index is -3.52. The Kier molecular flexibility index (Phi) is 4.72. The molecular weight excluding hydrogens is 236 g/mol. The zero-order valence-electron chi connectivity index (χ0n) is 9.96. The summed E-state index contributed by atoms with van der Waals surface area (Å²) < 4.78 is 26.0. The Morgan fingerprint density at radius 2 is 2.06 bits per heavy atom. The molecule has 94 valence electrons. The number of rotatable bonds is 6. The molecule has 0 aliphatic heterocycles. The van der Waals surface area contributed by atoms with Gasteiger partial charge in [0.1, 0.15) is 4.90 Å². The zero-order valence-corrected chi connectivity index (χ0v) is 10.8. The minimum Gasteiger partial charge on any atom is -0.398 e. The largest absolute Gasteiger partial charge is 0.398 e. The first-order valence-corrected chi connectivity index (χ1v) is 6.93. The van der Waals surface area contributed by atoms with Crippen LogP contribution in [-0.4, -0.2) is 25.8 Å². The van der Waals surface area contributed by atoms with Crippen LogP contribution in [-0.2, 0) is 10.0 Å². The van der Waals surface area contributed by atoms with Gasteiger partial charge in [-0.15, -0.1) is 6.58 Å². The Labute approximate surface area is 103 Å². The molecule has 0 aliphatic rings. The molecular formula is C12H18N2O2S. The Bertz CT molecular complexity index is 483. The monoisotopic (exact) mass is 254 g/mol. The number of nitrogens with zero attached hydrogens (tertiary/aromatic N) is 1. The SMILES string of the molecule is C=CCN(CCC)S(=O)(=O)c1ccccc1N. The first-order chi connectivity index (χ1) is 8.04. The standard InChI is InChI=1S/C12H18N2O2S/c1-3-9-14(10-4-2)17(15,16)12-8-6-5-7-11(12)13/h3,5-8H,1,4,9-10,13H2,2H3. The molecule has 2 N–H and O–H groups in total. The zero-order chi connectivity index (χ0) is 12.9. The van der Waals surface area contributed by atoms with Gasteiger partial charge >= 0.3 is 0 Å². The van der Waals surface area contributed by atoms with Crippen molar-refractivity contribution in [2.75, 3.05) is 18.8 Å². The van der Waals surface area contributed by atoms with Crippen LogP contribution in [0.2, 0.25) is 0 Å². The summed E-state index contributed by atoms with van der Waals surface area (Å²) in [6, 6.07) is 6.49. The summed E-state index contributed by atoms with van der Waals surface area (Å²) in [7, 11) is -3.52. The molecule has 0 spiro atoms. The van der Waals surface area contributed by atoms with E-state index >= 15 is 0 Å².